The summed E-state index contributed by atoms with van der Waals surface area (Å²) < 4.78 is 20.6. The molecule has 0 aliphatic carbocycles. The highest BCUT2D eigenvalue weighted by Crippen LogP contribution is 2.03. The van der Waals surface area contributed by atoms with Crippen LogP contribution >= 0.6 is 0 Å². The Bertz CT molecular complexity index is 607. The third-order valence-electron chi connectivity index (χ3n) is 2.30. The van der Waals surface area contributed by atoms with Gasteiger partial charge in [0.05, 0.1) is 2.74 Å². The summed E-state index contributed by atoms with van der Waals surface area (Å²) in [6, 6.07) is 17.4. The maximum Gasteiger partial charge on any atom is 0.331 e. The molecule has 0 radical (unpaired) electrons. The van der Waals surface area contributed by atoms with Gasteiger partial charge in [0.15, 0.2) is 0 Å². The lowest BCUT2D eigenvalue weighted by molar-refractivity contribution is -0.138. The van der Waals surface area contributed by atoms with Gasteiger partial charge in [-0.25, -0.2) is 4.79 Å². The maximum absolute atomic E-state index is 11.7. The first-order valence-corrected chi connectivity index (χ1v) is 5.62. The topological polar surface area (TPSA) is 26.3 Å². The number of rotatable bonds is 4. The second-order valence-electron chi connectivity index (χ2n) is 3.68. The van der Waals surface area contributed by atoms with Crippen molar-refractivity contribution < 1.29 is 12.3 Å². The fourth-order valence-corrected chi connectivity index (χ4v) is 1.40. The van der Waals surface area contributed by atoms with Crippen LogP contribution in [0.2, 0.25) is 0 Å². The van der Waals surface area contributed by atoms with E-state index < -0.39 is 12.0 Å². The van der Waals surface area contributed by atoms with Crippen molar-refractivity contribution in [3.63, 3.8) is 0 Å². The summed E-state index contributed by atoms with van der Waals surface area (Å²) >= 11 is 0. The molecule has 0 saturated carbocycles. The van der Waals surface area contributed by atoms with Crippen molar-refractivity contribution in [3.8, 4) is 0 Å². The monoisotopic (exact) mass is 240 g/mol. The van der Waals surface area contributed by atoms with Crippen molar-refractivity contribution in [1.82, 2.24) is 0 Å². The SMILES string of the molecule is [2H]/C(C(=O)OCc1ccccc1)=C(/[2H])c1ccccc1. The van der Waals surface area contributed by atoms with E-state index >= 15 is 0 Å². The van der Waals surface area contributed by atoms with Gasteiger partial charge in [-0.1, -0.05) is 60.7 Å². The smallest absolute Gasteiger partial charge is 0.331 e. The Labute approximate surface area is 109 Å². The molecule has 2 nitrogen and oxygen atoms in total. The molecule has 0 heterocycles. The highest BCUT2D eigenvalue weighted by Gasteiger charge is 1.97. The van der Waals surface area contributed by atoms with Gasteiger partial charge in [0.1, 0.15) is 6.61 Å². The Morgan fingerprint density at radius 3 is 2.33 bits per heavy atom. The van der Waals surface area contributed by atoms with Gasteiger partial charge in [0.25, 0.3) is 0 Å². The first-order chi connectivity index (χ1) is 9.68. The van der Waals surface area contributed by atoms with Crippen LogP contribution in [-0.2, 0) is 16.1 Å². The van der Waals surface area contributed by atoms with Gasteiger partial charge in [-0.3, -0.25) is 0 Å². The van der Waals surface area contributed by atoms with Crippen molar-refractivity contribution in [2.45, 2.75) is 6.61 Å². The van der Waals surface area contributed by atoms with Crippen LogP contribution in [0.15, 0.2) is 66.7 Å². The molecule has 0 atom stereocenters. The fourth-order valence-electron chi connectivity index (χ4n) is 1.40. The molecule has 0 amide bonds. The normalized spacial score (nSPS) is 13.1. The third-order valence-corrected chi connectivity index (χ3v) is 2.30. The summed E-state index contributed by atoms with van der Waals surface area (Å²) in [5, 5.41) is 0. The first kappa shape index (κ1) is 9.66. The van der Waals surface area contributed by atoms with Crippen LogP contribution in [0.5, 0.6) is 0 Å². The highest BCUT2D eigenvalue weighted by molar-refractivity contribution is 5.86. The van der Waals surface area contributed by atoms with Gasteiger partial charge in [-0.05, 0) is 17.2 Å². The zero-order valence-electron chi connectivity index (χ0n) is 11.8. The van der Waals surface area contributed by atoms with Crippen molar-refractivity contribution in [2.75, 3.05) is 0 Å². The van der Waals surface area contributed by atoms with Crippen LogP contribution in [0.1, 0.15) is 13.9 Å². The van der Waals surface area contributed by atoms with Crippen LogP contribution < -0.4 is 0 Å². The second-order valence-corrected chi connectivity index (χ2v) is 3.68. The number of ether oxygens (including phenoxy) is 1. The van der Waals surface area contributed by atoms with Crippen molar-refractivity contribution >= 4 is 12.0 Å². The van der Waals surface area contributed by atoms with Crippen LogP contribution in [0.4, 0.5) is 0 Å². The number of benzene rings is 2. The van der Waals surface area contributed by atoms with E-state index in [0.29, 0.717) is 5.56 Å². The van der Waals surface area contributed by atoms with E-state index in [9.17, 15) is 4.79 Å². The Morgan fingerprint density at radius 1 is 1.06 bits per heavy atom. The Balaban J connectivity index is 2.05. The standard InChI is InChI=1S/C16H14O2/c17-16(12-11-14-7-3-1-4-8-14)18-13-15-9-5-2-6-10-15/h1-12H,13H2/b12-11+/i11D,12D. The highest BCUT2D eigenvalue weighted by atomic mass is 16.5. The molecule has 0 N–H and O–H groups in total. The fraction of sp³-hybridized carbons (Fsp3) is 0.0625. The maximum atomic E-state index is 11.7. The molecule has 0 aliphatic heterocycles. The van der Waals surface area contributed by atoms with Gasteiger partial charge in [-0.15, -0.1) is 0 Å². The minimum absolute atomic E-state index is 0.101. The third kappa shape index (κ3) is 3.91. The molecule has 0 fully saturated rings. The Morgan fingerprint density at radius 2 is 1.67 bits per heavy atom. The summed E-state index contributed by atoms with van der Waals surface area (Å²) in [6.45, 7) is 0.101. The molecule has 0 unspecified atom stereocenters. The number of hydrogen-bond donors (Lipinski definition) is 0. The lowest BCUT2D eigenvalue weighted by Gasteiger charge is -2.01. The van der Waals surface area contributed by atoms with Crippen molar-refractivity contribution in [2.24, 2.45) is 0 Å². The van der Waals surface area contributed by atoms with E-state index in [1.165, 1.54) is 0 Å². The number of esters is 1. The summed E-state index contributed by atoms with van der Waals surface area (Å²) in [6.07, 6.45) is 0. The van der Waals surface area contributed by atoms with Crippen LogP contribution in [0.3, 0.4) is 0 Å². The number of hydrogen-bond acceptors (Lipinski definition) is 2. The number of carbonyl (C=O) groups is 1. The van der Waals surface area contributed by atoms with E-state index in [1.54, 1.807) is 24.3 Å². The van der Waals surface area contributed by atoms with E-state index in [-0.39, 0.29) is 12.7 Å². The molecule has 0 saturated heterocycles. The predicted molar refractivity (Wildman–Crippen MR) is 71.7 cm³/mol. The second kappa shape index (κ2) is 6.40. The minimum Gasteiger partial charge on any atom is -0.458 e. The molecule has 0 aliphatic rings. The molecule has 90 valence electrons. The van der Waals surface area contributed by atoms with Crippen LogP contribution in [0, 0.1) is 0 Å². The van der Waals surface area contributed by atoms with Crippen LogP contribution in [-0.4, -0.2) is 5.97 Å². The Hall–Kier alpha value is -2.35. The summed E-state index contributed by atoms with van der Waals surface area (Å²) in [5.74, 6) is -0.789. The van der Waals surface area contributed by atoms with E-state index in [0.717, 1.165) is 5.56 Å². The number of carbonyl (C=O) groups excluding carboxylic acids is 1. The van der Waals surface area contributed by atoms with Gasteiger partial charge in [0.2, 0.25) is 0 Å². The molecular weight excluding hydrogens is 224 g/mol. The van der Waals surface area contributed by atoms with E-state index in [2.05, 4.69) is 0 Å². The molecule has 0 spiro atoms. The molecule has 2 aromatic rings. The van der Waals surface area contributed by atoms with Gasteiger partial charge in [-0.2, -0.15) is 0 Å². The molecule has 0 bridgehead atoms. The average molecular weight is 240 g/mol. The summed E-state index contributed by atoms with van der Waals surface area (Å²) in [7, 11) is 0. The van der Waals surface area contributed by atoms with Gasteiger partial charge >= 0.3 is 5.97 Å². The molecule has 0 aromatic heterocycles. The van der Waals surface area contributed by atoms with Gasteiger partial charge < -0.3 is 4.74 Å². The average Bonchev–Trinajstić information content (AvgIpc) is 2.53. The minimum atomic E-state index is -0.789. The van der Waals surface area contributed by atoms with Gasteiger partial charge in [0, 0.05) is 6.05 Å². The Kier molecular flexibility index (Phi) is 3.43. The molecule has 2 aromatic carbocycles. The van der Waals surface area contributed by atoms with Crippen molar-refractivity contribution in [1.29, 1.82) is 0 Å². The largest absolute Gasteiger partial charge is 0.458 e. The predicted octanol–water partition coefficient (Wildman–Crippen LogP) is 3.44. The van der Waals surface area contributed by atoms with Crippen molar-refractivity contribution in [3.05, 3.63) is 77.8 Å². The van der Waals surface area contributed by atoms with E-state index in [4.69, 9.17) is 7.48 Å². The molecular formula is C16H14O2. The first-order valence-electron chi connectivity index (χ1n) is 6.62. The van der Waals surface area contributed by atoms with E-state index in [1.807, 2.05) is 36.4 Å². The summed E-state index contributed by atoms with van der Waals surface area (Å²) in [4.78, 5) is 11.7. The lowest BCUT2D eigenvalue weighted by atomic mass is 10.2. The zero-order valence-corrected chi connectivity index (χ0v) is 9.80. The molecule has 2 heteroatoms. The molecule has 18 heavy (non-hydrogen) atoms. The quantitative estimate of drug-likeness (QED) is 0.604. The summed E-state index contributed by atoms with van der Waals surface area (Å²) in [5.41, 5.74) is 1.37. The zero-order chi connectivity index (χ0) is 14.4. The molecule has 2 rings (SSSR count). The van der Waals surface area contributed by atoms with Crippen LogP contribution in [0.25, 0.3) is 6.05 Å². The lowest BCUT2D eigenvalue weighted by Crippen LogP contribution is -2.00.